The number of Topliss-reactive ketones (excluding diaryl/α,β-unsaturated/α-hetero) is 1. The highest BCUT2D eigenvalue weighted by molar-refractivity contribution is 6.24. The van der Waals surface area contributed by atoms with Crippen molar-refractivity contribution in [2.24, 2.45) is 0 Å². The molecule has 0 radical (unpaired) electrons. The third kappa shape index (κ3) is 2.27. The van der Waals surface area contributed by atoms with Crippen LogP contribution in [0.5, 0.6) is 0 Å². The van der Waals surface area contributed by atoms with E-state index in [1.54, 1.807) is 6.07 Å². The smallest absolute Gasteiger partial charge is 0.289 e. The van der Waals surface area contributed by atoms with Gasteiger partial charge in [-0.1, -0.05) is 24.3 Å². The second-order valence-corrected chi connectivity index (χ2v) is 3.70. The van der Waals surface area contributed by atoms with Gasteiger partial charge in [0.15, 0.2) is 11.6 Å². The fraction of sp³-hybridized carbons (Fsp3) is 0.167. The molecule has 2 rings (SSSR count). The Balaban J connectivity index is 2.42. The molecule has 17 heavy (non-hydrogen) atoms. The van der Waals surface area contributed by atoms with E-state index in [1.165, 1.54) is 18.2 Å². The number of hydrogen-bond donors (Lipinski definition) is 0. The zero-order valence-corrected chi connectivity index (χ0v) is 8.54. The maximum atomic E-state index is 12.2. The SMILES string of the molecule is O=C1C=C(CC(F)(F)F)C(=O)c2ccccc21. The maximum absolute atomic E-state index is 12.2. The van der Waals surface area contributed by atoms with Crippen LogP contribution in [0.3, 0.4) is 0 Å². The Morgan fingerprint density at radius 1 is 1.00 bits per heavy atom. The monoisotopic (exact) mass is 240 g/mol. The van der Waals surface area contributed by atoms with E-state index in [2.05, 4.69) is 0 Å². The minimum atomic E-state index is -4.49. The van der Waals surface area contributed by atoms with Gasteiger partial charge in [0.25, 0.3) is 0 Å². The summed E-state index contributed by atoms with van der Waals surface area (Å²) in [6.45, 7) is 0. The minimum Gasteiger partial charge on any atom is -0.289 e. The second kappa shape index (κ2) is 3.84. The van der Waals surface area contributed by atoms with E-state index in [1.807, 2.05) is 0 Å². The molecule has 2 nitrogen and oxygen atoms in total. The first-order valence-electron chi connectivity index (χ1n) is 4.84. The van der Waals surface area contributed by atoms with Crippen molar-refractivity contribution < 1.29 is 22.8 Å². The number of hydrogen-bond acceptors (Lipinski definition) is 2. The summed E-state index contributed by atoms with van der Waals surface area (Å²) in [5.74, 6) is -1.28. The standard InChI is InChI=1S/C12H7F3O2/c13-12(14,15)6-7-5-10(16)8-3-1-2-4-9(8)11(7)17/h1-5H,6H2. The molecule has 0 atom stereocenters. The number of rotatable bonds is 1. The first kappa shape index (κ1) is 11.6. The molecule has 5 heteroatoms. The molecule has 0 spiro atoms. The molecule has 0 N–H and O–H groups in total. The molecule has 1 aliphatic rings. The number of carbonyl (C=O) groups is 2. The van der Waals surface area contributed by atoms with Crippen LogP contribution in [0.2, 0.25) is 0 Å². The average Bonchev–Trinajstić information content (AvgIpc) is 2.24. The quantitative estimate of drug-likeness (QED) is 0.756. The summed E-state index contributed by atoms with van der Waals surface area (Å²) < 4.78 is 36.6. The van der Waals surface area contributed by atoms with Crippen molar-refractivity contribution in [2.75, 3.05) is 0 Å². The van der Waals surface area contributed by atoms with Gasteiger partial charge in [-0.3, -0.25) is 9.59 Å². The number of benzene rings is 1. The Morgan fingerprint density at radius 3 is 2.18 bits per heavy atom. The van der Waals surface area contributed by atoms with E-state index < -0.39 is 29.7 Å². The summed E-state index contributed by atoms with van der Waals surface area (Å²) in [7, 11) is 0. The lowest BCUT2D eigenvalue weighted by Crippen LogP contribution is -2.21. The minimum absolute atomic E-state index is 0.0410. The van der Waals surface area contributed by atoms with Gasteiger partial charge in [-0.25, -0.2) is 0 Å². The molecule has 0 fully saturated rings. The predicted molar refractivity (Wildman–Crippen MR) is 53.9 cm³/mol. The first-order chi connectivity index (χ1) is 7.88. The van der Waals surface area contributed by atoms with Crippen LogP contribution in [0.1, 0.15) is 27.1 Å². The largest absolute Gasteiger partial charge is 0.393 e. The highest BCUT2D eigenvalue weighted by Crippen LogP contribution is 2.30. The van der Waals surface area contributed by atoms with Gasteiger partial charge in [-0.15, -0.1) is 0 Å². The Bertz CT molecular complexity index is 527. The Kier molecular flexibility index (Phi) is 2.61. The molecular weight excluding hydrogens is 233 g/mol. The van der Waals surface area contributed by atoms with Crippen molar-refractivity contribution in [3.8, 4) is 0 Å². The van der Waals surface area contributed by atoms with E-state index in [0.717, 1.165) is 6.08 Å². The van der Waals surface area contributed by atoms with Crippen molar-refractivity contribution in [1.29, 1.82) is 0 Å². The summed E-state index contributed by atoms with van der Waals surface area (Å²) in [4.78, 5) is 23.3. The zero-order chi connectivity index (χ0) is 12.6. The fourth-order valence-electron chi connectivity index (χ4n) is 1.72. The molecule has 0 saturated heterocycles. The Morgan fingerprint density at radius 2 is 1.59 bits per heavy atom. The van der Waals surface area contributed by atoms with E-state index in [-0.39, 0.29) is 11.1 Å². The Hall–Kier alpha value is -1.91. The molecule has 88 valence electrons. The summed E-state index contributed by atoms with van der Waals surface area (Å²) in [6.07, 6.45) is -5.09. The highest BCUT2D eigenvalue weighted by atomic mass is 19.4. The van der Waals surface area contributed by atoms with E-state index in [9.17, 15) is 22.8 Å². The van der Waals surface area contributed by atoms with Crippen LogP contribution in [-0.2, 0) is 0 Å². The Labute approximate surface area is 94.7 Å². The van der Waals surface area contributed by atoms with Crippen molar-refractivity contribution in [2.45, 2.75) is 12.6 Å². The van der Waals surface area contributed by atoms with Crippen molar-refractivity contribution >= 4 is 11.6 Å². The van der Waals surface area contributed by atoms with E-state index in [0.29, 0.717) is 0 Å². The van der Waals surface area contributed by atoms with Gasteiger partial charge in [-0.2, -0.15) is 13.2 Å². The van der Waals surface area contributed by atoms with Gasteiger partial charge >= 0.3 is 6.18 Å². The molecular formula is C12H7F3O2. The summed E-state index contributed by atoms with van der Waals surface area (Å²) in [5, 5.41) is 0. The molecule has 1 aliphatic carbocycles. The topological polar surface area (TPSA) is 34.1 Å². The van der Waals surface area contributed by atoms with Gasteiger partial charge in [0.2, 0.25) is 0 Å². The van der Waals surface area contributed by atoms with E-state index >= 15 is 0 Å². The highest BCUT2D eigenvalue weighted by Gasteiger charge is 2.34. The molecule has 0 aliphatic heterocycles. The maximum Gasteiger partial charge on any atom is 0.393 e. The number of ketones is 2. The molecule has 0 amide bonds. The van der Waals surface area contributed by atoms with Gasteiger partial charge in [0.1, 0.15) is 0 Å². The summed E-state index contributed by atoms with van der Waals surface area (Å²) >= 11 is 0. The van der Waals surface area contributed by atoms with Crippen LogP contribution in [-0.4, -0.2) is 17.7 Å². The number of carbonyl (C=O) groups excluding carboxylic acids is 2. The van der Waals surface area contributed by atoms with Gasteiger partial charge in [-0.05, 0) is 6.08 Å². The van der Waals surface area contributed by atoms with Crippen LogP contribution >= 0.6 is 0 Å². The van der Waals surface area contributed by atoms with Crippen LogP contribution < -0.4 is 0 Å². The lowest BCUT2D eigenvalue weighted by Gasteiger charge is -2.15. The van der Waals surface area contributed by atoms with Gasteiger partial charge in [0.05, 0.1) is 6.42 Å². The normalized spacial score (nSPS) is 15.6. The molecule has 0 bridgehead atoms. The summed E-state index contributed by atoms with van der Waals surface area (Å²) in [5.41, 5.74) is -0.302. The first-order valence-corrected chi connectivity index (χ1v) is 4.84. The van der Waals surface area contributed by atoms with Crippen LogP contribution in [0.25, 0.3) is 0 Å². The molecule has 0 aromatic heterocycles. The fourth-order valence-corrected chi connectivity index (χ4v) is 1.72. The molecule has 1 aromatic rings. The van der Waals surface area contributed by atoms with Crippen molar-refractivity contribution in [3.05, 3.63) is 47.0 Å². The molecule has 0 unspecified atom stereocenters. The molecule has 0 saturated carbocycles. The second-order valence-electron chi connectivity index (χ2n) is 3.70. The molecule has 1 aromatic carbocycles. The number of allylic oxidation sites excluding steroid dienone is 2. The molecule has 0 heterocycles. The van der Waals surface area contributed by atoms with Crippen LogP contribution in [0.4, 0.5) is 13.2 Å². The third-order valence-corrected chi connectivity index (χ3v) is 2.43. The zero-order valence-electron chi connectivity index (χ0n) is 8.54. The van der Waals surface area contributed by atoms with Crippen molar-refractivity contribution in [1.82, 2.24) is 0 Å². The number of halogens is 3. The predicted octanol–water partition coefficient (Wildman–Crippen LogP) is 2.94. The van der Waals surface area contributed by atoms with Crippen molar-refractivity contribution in [3.63, 3.8) is 0 Å². The van der Waals surface area contributed by atoms with Gasteiger partial charge < -0.3 is 0 Å². The lowest BCUT2D eigenvalue weighted by molar-refractivity contribution is -0.126. The number of alkyl halides is 3. The number of fused-ring (bicyclic) bond motifs is 1. The third-order valence-electron chi connectivity index (χ3n) is 2.43. The van der Waals surface area contributed by atoms with Gasteiger partial charge in [0, 0.05) is 16.7 Å². The summed E-state index contributed by atoms with van der Waals surface area (Å²) in [6, 6.07) is 5.86. The van der Waals surface area contributed by atoms with Crippen LogP contribution in [0.15, 0.2) is 35.9 Å². The average molecular weight is 240 g/mol. The van der Waals surface area contributed by atoms with Crippen LogP contribution in [0, 0.1) is 0 Å². The lowest BCUT2D eigenvalue weighted by atomic mass is 9.88. The van der Waals surface area contributed by atoms with E-state index in [4.69, 9.17) is 0 Å².